The molecule has 0 aromatic heterocycles. The van der Waals surface area contributed by atoms with Gasteiger partial charge in [-0.05, 0) is 61.3 Å². The Morgan fingerprint density at radius 1 is 0.875 bits per heavy atom. The lowest BCUT2D eigenvalue weighted by Crippen LogP contribution is -2.37. The van der Waals surface area contributed by atoms with Crippen molar-refractivity contribution in [2.45, 2.75) is 78.1 Å². The highest BCUT2D eigenvalue weighted by molar-refractivity contribution is 5.38. The van der Waals surface area contributed by atoms with Crippen molar-refractivity contribution in [2.75, 3.05) is 0 Å². The van der Waals surface area contributed by atoms with Crippen LogP contribution in [0.2, 0.25) is 0 Å². The van der Waals surface area contributed by atoms with Crippen LogP contribution in [0.25, 0.3) is 0 Å². The quantitative estimate of drug-likeness (QED) is 0.657. The van der Waals surface area contributed by atoms with Gasteiger partial charge in [0.1, 0.15) is 5.60 Å². The SMILES string of the molecule is CC(C)(C)OC(C)(C)CCC(C)(C)OC=O. The van der Waals surface area contributed by atoms with Gasteiger partial charge in [-0.2, -0.15) is 0 Å². The highest BCUT2D eigenvalue weighted by Gasteiger charge is 2.29. The van der Waals surface area contributed by atoms with Crippen LogP contribution >= 0.6 is 0 Å². The van der Waals surface area contributed by atoms with Gasteiger partial charge in [0.2, 0.25) is 0 Å². The summed E-state index contributed by atoms with van der Waals surface area (Å²) in [6.45, 7) is 14.6. The topological polar surface area (TPSA) is 35.5 Å². The second-order valence-electron chi connectivity index (χ2n) is 6.45. The number of carbonyl (C=O) groups is 1. The number of rotatable bonds is 6. The van der Waals surface area contributed by atoms with E-state index in [-0.39, 0.29) is 11.2 Å². The number of hydrogen-bond donors (Lipinski definition) is 0. The lowest BCUT2D eigenvalue weighted by Gasteiger charge is -2.35. The van der Waals surface area contributed by atoms with Gasteiger partial charge in [-0.25, -0.2) is 0 Å². The molecule has 0 bridgehead atoms. The fourth-order valence-electron chi connectivity index (χ4n) is 1.67. The molecule has 0 radical (unpaired) electrons. The van der Waals surface area contributed by atoms with Gasteiger partial charge in [-0.1, -0.05) is 0 Å². The van der Waals surface area contributed by atoms with Crippen LogP contribution in [0.3, 0.4) is 0 Å². The van der Waals surface area contributed by atoms with Crippen LogP contribution < -0.4 is 0 Å². The second-order valence-corrected chi connectivity index (χ2v) is 6.45. The molecule has 0 unspecified atom stereocenters. The fourth-order valence-corrected chi connectivity index (χ4v) is 1.67. The standard InChI is InChI=1S/C13H26O3/c1-11(2,3)16-13(6,7)9-8-12(4,5)15-10-14/h10H,8-9H2,1-7H3. The molecule has 96 valence electrons. The fraction of sp³-hybridized carbons (Fsp3) is 0.923. The van der Waals surface area contributed by atoms with Gasteiger partial charge >= 0.3 is 0 Å². The lowest BCUT2D eigenvalue weighted by atomic mass is 9.93. The highest BCUT2D eigenvalue weighted by atomic mass is 16.5. The van der Waals surface area contributed by atoms with Crippen molar-refractivity contribution >= 4 is 6.47 Å². The monoisotopic (exact) mass is 230 g/mol. The summed E-state index contributed by atoms with van der Waals surface area (Å²) in [5, 5.41) is 0. The minimum Gasteiger partial charge on any atom is -0.462 e. The average molecular weight is 230 g/mol. The predicted molar refractivity (Wildman–Crippen MR) is 65.4 cm³/mol. The van der Waals surface area contributed by atoms with Gasteiger partial charge < -0.3 is 9.47 Å². The molecule has 3 heteroatoms. The van der Waals surface area contributed by atoms with Gasteiger partial charge in [0.25, 0.3) is 6.47 Å². The Kier molecular flexibility index (Phi) is 4.99. The third kappa shape index (κ3) is 7.69. The Balaban J connectivity index is 4.23. The van der Waals surface area contributed by atoms with Crippen molar-refractivity contribution < 1.29 is 14.3 Å². The minimum absolute atomic E-state index is 0.154. The maximum atomic E-state index is 10.3. The normalized spacial score (nSPS) is 13.7. The molecule has 0 spiro atoms. The van der Waals surface area contributed by atoms with Crippen molar-refractivity contribution in [3.63, 3.8) is 0 Å². The van der Waals surface area contributed by atoms with Gasteiger partial charge in [0.05, 0.1) is 11.2 Å². The summed E-state index contributed by atoms with van der Waals surface area (Å²) in [7, 11) is 0. The molecule has 0 saturated carbocycles. The van der Waals surface area contributed by atoms with Gasteiger partial charge in [-0.15, -0.1) is 0 Å². The van der Waals surface area contributed by atoms with Crippen LogP contribution in [-0.2, 0) is 14.3 Å². The highest BCUT2D eigenvalue weighted by Crippen LogP contribution is 2.28. The van der Waals surface area contributed by atoms with E-state index >= 15 is 0 Å². The van der Waals surface area contributed by atoms with Crippen molar-refractivity contribution in [1.29, 1.82) is 0 Å². The van der Waals surface area contributed by atoms with E-state index in [1.54, 1.807) is 0 Å². The second kappa shape index (κ2) is 5.17. The Morgan fingerprint density at radius 3 is 1.69 bits per heavy atom. The Hall–Kier alpha value is -0.570. The molecular formula is C13H26O3. The zero-order valence-electron chi connectivity index (χ0n) is 11.7. The first-order valence-corrected chi connectivity index (χ1v) is 5.79. The summed E-state index contributed by atoms with van der Waals surface area (Å²) >= 11 is 0. The van der Waals surface area contributed by atoms with Crippen LogP contribution in [-0.4, -0.2) is 23.3 Å². The molecule has 0 heterocycles. The van der Waals surface area contributed by atoms with E-state index in [1.807, 2.05) is 34.6 Å². The molecule has 0 aliphatic rings. The first-order valence-electron chi connectivity index (χ1n) is 5.79. The summed E-state index contributed by atoms with van der Waals surface area (Å²) in [5.74, 6) is 0. The Bertz CT molecular complexity index is 224. The van der Waals surface area contributed by atoms with Crippen LogP contribution in [0.5, 0.6) is 0 Å². The van der Waals surface area contributed by atoms with Crippen LogP contribution in [0, 0.1) is 0 Å². The molecule has 0 aliphatic carbocycles. The van der Waals surface area contributed by atoms with Gasteiger partial charge in [-0.3, -0.25) is 4.79 Å². The van der Waals surface area contributed by atoms with E-state index in [0.717, 1.165) is 12.8 Å². The molecule has 0 amide bonds. The molecular weight excluding hydrogens is 204 g/mol. The zero-order chi connectivity index (χ0) is 13.0. The average Bonchev–Trinajstić information content (AvgIpc) is 1.97. The largest absolute Gasteiger partial charge is 0.462 e. The predicted octanol–water partition coefficient (Wildman–Crippen LogP) is 3.31. The molecule has 0 N–H and O–H groups in total. The molecule has 0 saturated heterocycles. The van der Waals surface area contributed by atoms with Crippen LogP contribution in [0.1, 0.15) is 61.3 Å². The van der Waals surface area contributed by atoms with E-state index in [0.29, 0.717) is 6.47 Å². The maximum Gasteiger partial charge on any atom is 0.293 e. The summed E-state index contributed by atoms with van der Waals surface area (Å²) < 4.78 is 11.0. The van der Waals surface area contributed by atoms with Crippen LogP contribution in [0.4, 0.5) is 0 Å². The van der Waals surface area contributed by atoms with Gasteiger partial charge in [0.15, 0.2) is 0 Å². The van der Waals surface area contributed by atoms with E-state index in [4.69, 9.17) is 9.47 Å². The summed E-state index contributed by atoms with van der Waals surface area (Å²) in [4.78, 5) is 10.3. The lowest BCUT2D eigenvalue weighted by molar-refractivity contribution is -0.146. The van der Waals surface area contributed by atoms with Crippen molar-refractivity contribution in [3.8, 4) is 0 Å². The molecule has 16 heavy (non-hydrogen) atoms. The minimum atomic E-state index is -0.416. The van der Waals surface area contributed by atoms with E-state index < -0.39 is 5.60 Å². The molecule has 0 aromatic carbocycles. The first kappa shape index (κ1) is 15.4. The third-order valence-corrected chi connectivity index (χ3v) is 2.28. The molecule has 0 rings (SSSR count). The van der Waals surface area contributed by atoms with E-state index in [1.165, 1.54) is 0 Å². The third-order valence-electron chi connectivity index (χ3n) is 2.28. The van der Waals surface area contributed by atoms with E-state index in [9.17, 15) is 4.79 Å². The smallest absolute Gasteiger partial charge is 0.293 e. The van der Waals surface area contributed by atoms with Crippen molar-refractivity contribution in [3.05, 3.63) is 0 Å². The number of ether oxygens (including phenoxy) is 2. The van der Waals surface area contributed by atoms with Crippen LogP contribution in [0.15, 0.2) is 0 Å². The Morgan fingerprint density at radius 2 is 1.31 bits per heavy atom. The van der Waals surface area contributed by atoms with E-state index in [2.05, 4.69) is 13.8 Å². The molecule has 0 fully saturated rings. The number of hydrogen-bond acceptors (Lipinski definition) is 3. The molecule has 3 nitrogen and oxygen atoms in total. The summed E-state index contributed by atoms with van der Waals surface area (Å²) in [6, 6.07) is 0. The summed E-state index contributed by atoms with van der Waals surface area (Å²) in [6.07, 6.45) is 1.64. The van der Waals surface area contributed by atoms with Crippen molar-refractivity contribution in [1.82, 2.24) is 0 Å². The Labute approximate surface area is 99.5 Å². The van der Waals surface area contributed by atoms with Crippen molar-refractivity contribution in [2.24, 2.45) is 0 Å². The van der Waals surface area contributed by atoms with Gasteiger partial charge in [0, 0.05) is 0 Å². The first-order chi connectivity index (χ1) is 6.97. The molecule has 0 aliphatic heterocycles. The molecule has 0 atom stereocenters. The molecule has 0 aromatic rings. The number of carbonyl (C=O) groups excluding carboxylic acids is 1. The zero-order valence-corrected chi connectivity index (χ0v) is 11.7. The summed E-state index contributed by atoms with van der Waals surface area (Å²) in [5.41, 5.74) is -0.777. The maximum absolute atomic E-state index is 10.3.